The van der Waals surface area contributed by atoms with Crippen LogP contribution in [-0.2, 0) is 0 Å². The predicted octanol–water partition coefficient (Wildman–Crippen LogP) is 2.24. The highest BCUT2D eigenvalue weighted by Gasteiger charge is 2.39. The van der Waals surface area contributed by atoms with Crippen LogP contribution in [-0.4, -0.2) is 60.2 Å². The molecule has 0 aliphatic carbocycles. The Morgan fingerprint density at radius 3 is 2.41 bits per heavy atom. The van der Waals surface area contributed by atoms with Crippen LogP contribution < -0.4 is 10.2 Å². The third-order valence-electron chi connectivity index (χ3n) is 4.64. The summed E-state index contributed by atoms with van der Waals surface area (Å²) in [5, 5.41) is 4.06. The molecule has 3 heterocycles. The van der Waals surface area contributed by atoms with Crippen LogP contribution in [0, 0.1) is 0 Å². The molecule has 0 amide bonds. The smallest absolute Gasteiger partial charge is 0.225 e. The maximum Gasteiger partial charge on any atom is 0.225 e. The number of hydrogen-bond acceptors (Lipinski definition) is 5. The number of nitrogens with one attached hydrogen (secondary N) is 1. The molecule has 0 saturated carbocycles. The largest absolute Gasteiger partial charge is 0.339 e. The van der Waals surface area contributed by atoms with Gasteiger partial charge in [-0.15, -0.1) is 24.8 Å². The second-order valence-corrected chi connectivity index (χ2v) is 6.31. The molecule has 0 radical (unpaired) electrons. The van der Waals surface area contributed by atoms with E-state index in [1.54, 1.807) is 12.4 Å². The molecule has 2 fully saturated rings. The maximum atomic E-state index is 5.89. The van der Waals surface area contributed by atoms with Crippen molar-refractivity contribution in [3.05, 3.63) is 17.4 Å². The molecule has 1 aromatic heterocycles. The van der Waals surface area contributed by atoms with Gasteiger partial charge in [-0.2, -0.15) is 0 Å². The fourth-order valence-electron chi connectivity index (χ4n) is 3.36. The lowest BCUT2D eigenvalue weighted by molar-refractivity contribution is 0.0978. The number of likely N-dealkylation sites (N-methyl/N-ethyl adjacent to an activating group) is 1. The van der Waals surface area contributed by atoms with Crippen molar-refractivity contribution in [1.82, 2.24) is 20.2 Å². The summed E-state index contributed by atoms with van der Waals surface area (Å²) in [7, 11) is 2.26. The normalized spacial score (nSPS) is 21.6. The van der Waals surface area contributed by atoms with E-state index in [2.05, 4.69) is 32.1 Å². The molecular formula is C14H24Cl3N5. The van der Waals surface area contributed by atoms with Crippen molar-refractivity contribution >= 4 is 42.4 Å². The van der Waals surface area contributed by atoms with Gasteiger partial charge in [-0.25, -0.2) is 9.97 Å². The summed E-state index contributed by atoms with van der Waals surface area (Å²) in [6.45, 7) is 5.36. The molecule has 0 atom stereocenters. The molecule has 2 aliphatic rings. The van der Waals surface area contributed by atoms with Gasteiger partial charge in [0.1, 0.15) is 0 Å². The quantitative estimate of drug-likeness (QED) is 0.823. The molecule has 1 spiro atoms. The van der Waals surface area contributed by atoms with E-state index in [4.69, 9.17) is 11.6 Å². The minimum Gasteiger partial charge on any atom is -0.339 e. The first-order valence-corrected chi connectivity index (χ1v) is 7.72. The first-order chi connectivity index (χ1) is 9.70. The van der Waals surface area contributed by atoms with E-state index in [9.17, 15) is 0 Å². The highest BCUT2D eigenvalue weighted by atomic mass is 35.5. The Labute approximate surface area is 149 Å². The summed E-state index contributed by atoms with van der Waals surface area (Å²) in [6, 6.07) is 0. The van der Waals surface area contributed by atoms with Crippen LogP contribution in [0.2, 0.25) is 5.02 Å². The zero-order valence-corrected chi connectivity index (χ0v) is 15.2. The van der Waals surface area contributed by atoms with E-state index in [1.807, 2.05) is 0 Å². The fourth-order valence-corrected chi connectivity index (χ4v) is 3.46. The summed E-state index contributed by atoms with van der Waals surface area (Å²) >= 11 is 5.89. The van der Waals surface area contributed by atoms with Crippen molar-refractivity contribution in [1.29, 1.82) is 0 Å². The summed E-state index contributed by atoms with van der Waals surface area (Å²) in [5.41, 5.74) is 0.255. The lowest BCUT2D eigenvalue weighted by Gasteiger charge is -2.45. The Balaban J connectivity index is 0.00000121. The molecule has 22 heavy (non-hydrogen) atoms. The van der Waals surface area contributed by atoms with E-state index in [0.717, 1.165) is 45.1 Å². The lowest BCUT2D eigenvalue weighted by Crippen LogP contribution is -2.57. The minimum atomic E-state index is 0. The van der Waals surface area contributed by atoms with Crippen molar-refractivity contribution in [2.45, 2.75) is 24.8 Å². The van der Waals surface area contributed by atoms with E-state index in [0.29, 0.717) is 5.02 Å². The van der Waals surface area contributed by atoms with Gasteiger partial charge in [0, 0.05) is 25.2 Å². The van der Waals surface area contributed by atoms with Gasteiger partial charge in [0.05, 0.1) is 17.4 Å². The first-order valence-electron chi connectivity index (χ1n) is 7.34. The highest BCUT2D eigenvalue weighted by Crippen LogP contribution is 2.30. The highest BCUT2D eigenvalue weighted by molar-refractivity contribution is 6.30. The monoisotopic (exact) mass is 367 g/mol. The molecule has 3 rings (SSSR count). The second kappa shape index (κ2) is 8.50. The van der Waals surface area contributed by atoms with Gasteiger partial charge in [-0.05, 0) is 39.4 Å². The number of aromatic nitrogens is 2. The molecule has 126 valence electrons. The average molecular weight is 369 g/mol. The van der Waals surface area contributed by atoms with Gasteiger partial charge in [0.2, 0.25) is 5.95 Å². The topological polar surface area (TPSA) is 44.3 Å². The van der Waals surface area contributed by atoms with E-state index < -0.39 is 0 Å². The van der Waals surface area contributed by atoms with Gasteiger partial charge in [0.15, 0.2) is 0 Å². The number of halogens is 3. The molecule has 5 nitrogen and oxygen atoms in total. The van der Waals surface area contributed by atoms with Crippen LogP contribution in [0.1, 0.15) is 19.3 Å². The van der Waals surface area contributed by atoms with Crippen molar-refractivity contribution in [3.8, 4) is 0 Å². The van der Waals surface area contributed by atoms with Gasteiger partial charge < -0.3 is 10.2 Å². The molecule has 2 saturated heterocycles. The Bertz CT molecular complexity index is 450. The summed E-state index contributed by atoms with van der Waals surface area (Å²) < 4.78 is 0. The van der Waals surface area contributed by atoms with Crippen LogP contribution in [0.15, 0.2) is 12.4 Å². The summed E-state index contributed by atoms with van der Waals surface area (Å²) in [6.07, 6.45) is 6.90. The Morgan fingerprint density at radius 1 is 1.14 bits per heavy atom. The van der Waals surface area contributed by atoms with Gasteiger partial charge in [-0.3, -0.25) is 4.90 Å². The van der Waals surface area contributed by atoms with E-state index in [1.165, 1.54) is 12.8 Å². The molecular weight excluding hydrogens is 345 g/mol. The zero-order chi connectivity index (χ0) is 14.0. The molecule has 0 bridgehead atoms. The third kappa shape index (κ3) is 4.15. The van der Waals surface area contributed by atoms with Gasteiger partial charge >= 0.3 is 0 Å². The first kappa shape index (κ1) is 19.7. The van der Waals surface area contributed by atoms with Gasteiger partial charge in [-0.1, -0.05) is 11.6 Å². The fraction of sp³-hybridized carbons (Fsp3) is 0.714. The minimum absolute atomic E-state index is 0. The van der Waals surface area contributed by atoms with E-state index >= 15 is 0 Å². The standard InChI is InChI=1S/C14H22ClN5.2ClH/c1-19-7-2-8-20(13-17-9-12(15)10-18-13)11-14(19)3-5-16-6-4-14;;/h9-10,16H,2-8,11H2,1H3;2*1H. The predicted molar refractivity (Wildman–Crippen MR) is 95.8 cm³/mol. The molecule has 0 aromatic carbocycles. The van der Waals surface area contributed by atoms with Crippen LogP contribution in [0.5, 0.6) is 0 Å². The van der Waals surface area contributed by atoms with Crippen LogP contribution in [0.25, 0.3) is 0 Å². The van der Waals surface area contributed by atoms with Crippen molar-refractivity contribution < 1.29 is 0 Å². The Hall–Kier alpha value is -0.330. The summed E-state index contributed by atoms with van der Waals surface area (Å²) in [4.78, 5) is 13.7. The van der Waals surface area contributed by atoms with Crippen molar-refractivity contribution in [2.75, 3.05) is 44.7 Å². The average Bonchev–Trinajstić information content (AvgIpc) is 2.62. The molecule has 0 unspecified atom stereocenters. The van der Waals surface area contributed by atoms with E-state index in [-0.39, 0.29) is 30.4 Å². The Morgan fingerprint density at radius 2 is 1.77 bits per heavy atom. The molecule has 1 N–H and O–H groups in total. The van der Waals surface area contributed by atoms with Crippen LogP contribution >= 0.6 is 36.4 Å². The summed E-state index contributed by atoms with van der Waals surface area (Å²) in [5.74, 6) is 0.808. The lowest BCUT2D eigenvalue weighted by atomic mass is 9.86. The van der Waals surface area contributed by atoms with Crippen molar-refractivity contribution in [2.24, 2.45) is 0 Å². The molecule has 2 aliphatic heterocycles. The third-order valence-corrected chi connectivity index (χ3v) is 4.84. The Kier molecular flexibility index (Phi) is 7.62. The number of rotatable bonds is 1. The molecule has 1 aromatic rings. The zero-order valence-electron chi connectivity index (χ0n) is 12.8. The van der Waals surface area contributed by atoms with Crippen molar-refractivity contribution in [3.63, 3.8) is 0 Å². The van der Waals surface area contributed by atoms with Gasteiger partial charge in [0.25, 0.3) is 0 Å². The van der Waals surface area contributed by atoms with Crippen LogP contribution in [0.3, 0.4) is 0 Å². The number of nitrogens with zero attached hydrogens (tertiary/aromatic N) is 4. The van der Waals surface area contributed by atoms with Crippen LogP contribution in [0.4, 0.5) is 5.95 Å². The number of piperidine rings is 1. The molecule has 8 heteroatoms. The SMILES string of the molecule is CN1CCCN(c2ncc(Cl)cn2)CC12CCNCC2.Cl.Cl. The second-order valence-electron chi connectivity index (χ2n) is 5.87. The maximum absolute atomic E-state index is 5.89. The number of anilines is 1. The number of hydrogen-bond donors (Lipinski definition) is 1.